The second kappa shape index (κ2) is 4.76. The van der Waals surface area contributed by atoms with Crippen LogP contribution in [0, 0.1) is 0 Å². The summed E-state index contributed by atoms with van der Waals surface area (Å²) in [5.41, 5.74) is 2.88. The summed E-state index contributed by atoms with van der Waals surface area (Å²) < 4.78 is 0. The summed E-state index contributed by atoms with van der Waals surface area (Å²) >= 11 is 0. The highest BCUT2D eigenvalue weighted by atomic mass is 16.1. The van der Waals surface area contributed by atoms with Crippen LogP contribution in [0.25, 0.3) is 21.8 Å². The molecule has 3 rings (SSSR count). The van der Waals surface area contributed by atoms with E-state index in [1.807, 2.05) is 43.3 Å². The van der Waals surface area contributed by atoms with Gasteiger partial charge in [0.15, 0.2) is 0 Å². The van der Waals surface area contributed by atoms with E-state index in [0.717, 1.165) is 28.2 Å². The predicted molar refractivity (Wildman–Crippen MR) is 78.4 cm³/mol. The lowest BCUT2D eigenvalue weighted by molar-refractivity contribution is 0.0954. The van der Waals surface area contributed by atoms with Crippen molar-refractivity contribution < 1.29 is 4.79 Å². The summed E-state index contributed by atoms with van der Waals surface area (Å²) in [5, 5.41) is 5.16. The van der Waals surface area contributed by atoms with E-state index in [1.165, 1.54) is 0 Å². The molecule has 0 saturated carbocycles. The van der Waals surface area contributed by atoms with Crippen molar-refractivity contribution in [3.63, 3.8) is 0 Å². The zero-order valence-electron chi connectivity index (χ0n) is 10.9. The molecule has 0 saturated heterocycles. The Kier molecular flexibility index (Phi) is 2.95. The van der Waals surface area contributed by atoms with E-state index in [0.29, 0.717) is 12.1 Å². The minimum Gasteiger partial charge on any atom is -0.355 e. The number of rotatable bonds is 3. The number of amides is 1. The molecule has 1 amide bonds. The van der Waals surface area contributed by atoms with Gasteiger partial charge in [-0.1, -0.05) is 25.1 Å². The van der Waals surface area contributed by atoms with Crippen LogP contribution in [0.2, 0.25) is 0 Å². The van der Waals surface area contributed by atoms with Crippen molar-refractivity contribution in [2.24, 2.45) is 0 Å². The number of aromatic nitrogens is 1. The molecule has 0 aliphatic carbocycles. The average molecular weight is 252 g/mol. The molecular weight excluding hydrogens is 236 g/mol. The van der Waals surface area contributed by atoms with Crippen molar-refractivity contribution in [2.45, 2.75) is 13.3 Å². The molecule has 19 heavy (non-hydrogen) atoms. The Balaban J connectivity index is 2.09. The molecule has 2 N–H and O–H groups in total. The third-order valence-electron chi connectivity index (χ3n) is 3.30. The highest BCUT2D eigenvalue weighted by Crippen LogP contribution is 2.25. The number of carbonyl (C=O) groups excluding carboxylic acids is 1. The number of hydrogen-bond acceptors (Lipinski definition) is 1. The maximum Gasteiger partial charge on any atom is 0.251 e. The summed E-state index contributed by atoms with van der Waals surface area (Å²) in [7, 11) is 0. The molecule has 0 unspecified atom stereocenters. The molecule has 0 radical (unpaired) electrons. The Bertz CT molecular complexity index is 743. The molecule has 3 heteroatoms. The van der Waals surface area contributed by atoms with Crippen LogP contribution >= 0.6 is 0 Å². The molecule has 0 fully saturated rings. The van der Waals surface area contributed by atoms with Crippen molar-refractivity contribution in [1.82, 2.24) is 10.3 Å². The van der Waals surface area contributed by atoms with Gasteiger partial charge in [-0.25, -0.2) is 0 Å². The lowest BCUT2D eigenvalue weighted by atomic mass is 10.1. The Morgan fingerprint density at radius 2 is 1.89 bits per heavy atom. The van der Waals surface area contributed by atoms with Crippen LogP contribution in [0.15, 0.2) is 42.5 Å². The fourth-order valence-corrected chi connectivity index (χ4v) is 2.33. The first-order chi connectivity index (χ1) is 9.29. The summed E-state index contributed by atoms with van der Waals surface area (Å²) in [6.45, 7) is 2.76. The number of benzene rings is 2. The highest BCUT2D eigenvalue weighted by Gasteiger charge is 2.08. The fourth-order valence-electron chi connectivity index (χ4n) is 2.33. The first-order valence-corrected chi connectivity index (χ1v) is 6.58. The molecule has 0 atom stereocenters. The fraction of sp³-hybridized carbons (Fsp3) is 0.188. The first kappa shape index (κ1) is 11.8. The highest BCUT2D eigenvalue weighted by molar-refractivity contribution is 6.09. The topological polar surface area (TPSA) is 44.9 Å². The summed E-state index contributed by atoms with van der Waals surface area (Å²) in [6, 6.07) is 13.9. The number of aromatic amines is 1. The lowest BCUT2D eigenvalue weighted by Gasteiger charge is -2.03. The molecule has 3 aromatic rings. The predicted octanol–water partition coefficient (Wildman–Crippen LogP) is 3.46. The Hall–Kier alpha value is -2.29. The van der Waals surface area contributed by atoms with Crippen molar-refractivity contribution in [3.05, 3.63) is 48.0 Å². The molecule has 0 aliphatic rings. The van der Waals surface area contributed by atoms with Gasteiger partial charge in [-0.3, -0.25) is 4.79 Å². The van der Waals surface area contributed by atoms with Crippen LogP contribution in [0.5, 0.6) is 0 Å². The van der Waals surface area contributed by atoms with Crippen LogP contribution in [0.1, 0.15) is 23.7 Å². The van der Waals surface area contributed by atoms with Crippen LogP contribution < -0.4 is 5.32 Å². The number of nitrogens with one attached hydrogen (secondary N) is 2. The van der Waals surface area contributed by atoms with Gasteiger partial charge in [0.05, 0.1) is 0 Å². The van der Waals surface area contributed by atoms with Gasteiger partial charge in [-0.2, -0.15) is 0 Å². The maximum absolute atomic E-state index is 12.0. The minimum atomic E-state index is -0.00553. The van der Waals surface area contributed by atoms with Gasteiger partial charge in [0.2, 0.25) is 0 Å². The van der Waals surface area contributed by atoms with Gasteiger partial charge in [-0.15, -0.1) is 0 Å². The number of carbonyl (C=O) groups is 1. The zero-order chi connectivity index (χ0) is 13.2. The summed E-state index contributed by atoms with van der Waals surface area (Å²) in [4.78, 5) is 15.3. The summed E-state index contributed by atoms with van der Waals surface area (Å²) in [5.74, 6) is -0.00553. The number of fused-ring (bicyclic) bond motifs is 3. The molecule has 2 aromatic carbocycles. The van der Waals surface area contributed by atoms with Gasteiger partial charge < -0.3 is 10.3 Å². The third kappa shape index (κ3) is 2.08. The van der Waals surface area contributed by atoms with E-state index < -0.39 is 0 Å². The van der Waals surface area contributed by atoms with Crippen molar-refractivity contribution in [2.75, 3.05) is 6.54 Å². The van der Waals surface area contributed by atoms with Gasteiger partial charge in [0, 0.05) is 33.9 Å². The van der Waals surface area contributed by atoms with E-state index in [1.54, 1.807) is 0 Å². The third-order valence-corrected chi connectivity index (χ3v) is 3.30. The van der Waals surface area contributed by atoms with Gasteiger partial charge in [-0.05, 0) is 30.7 Å². The van der Waals surface area contributed by atoms with Gasteiger partial charge >= 0.3 is 0 Å². The Morgan fingerprint density at radius 3 is 2.74 bits per heavy atom. The van der Waals surface area contributed by atoms with Crippen molar-refractivity contribution in [3.8, 4) is 0 Å². The van der Waals surface area contributed by atoms with Gasteiger partial charge in [0.1, 0.15) is 0 Å². The molecule has 3 nitrogen and oxygen atoms in total. The Labute approximate surface area is 111 Å². The van der Waals surface area contributed by atoms with Crippen LogP contribution in [0.4, 0.5) is 0 Å². The molecule has 0 aliphatic heterocycles. The van der Waals surface area contributed by atoms with E-state index in [-0.39, 0.29) is 5.91 Å². The molecule has 1 aromatic heterocycles. The van der Waals surface area contributed by atoms with E-state index in [2.05, 4.69) is 16.4 Å². The SMILES string of the molecule is CCCNC(=O)c1ccc2[nH]c3ccccc3c2c1. The zero-order valence-corrected chi connectivity index (χ0v) is 10.9. The smallest absolute Gasteiger partial charge is 0.251 e. The van der Waals surface area contributed by atoms with Crippen LogP contribution in [-0.4, -0.2) is 17.4 Å². The van der Waals surface area contributed by atoms with Crippen LogP contribution in [0.3, 0.4) is 0 Å². The molecule has 0 bridgehead atoms. The van der Waals surface area contributed by atoms with Gasteiger partial charge in [0.25, 0.3) is 5.91 Å². The Morgan fingerprint density at radius 1 is 1.11 bits per heavy atom. The molecule has 1 heterocycles. The number of para-hydroxylation sites is 1. The molecule has 96 valence electrons. The monoisotopic (exact) mass is 252 g/mol. The van der Waals surface area contributed by atoms with Crippen molar-refractivity contribution >= 4 is 27.7 Å². The largest absolute Gasteiger partial charge is 0.355 e. The standard InChI is InChI=1S/C16H16N2O/c1-2-9-17-16(19)11-7-8-15-13(10-11)12-5-3-4-6-14(12)18-15/h3-8,10,18H,2,9H2,1H3,(H,17,19). The normalized spacial score (nSPS) is 11.0. The van der Waals surface area contributed by atoms with E-state index in [9.17, 15) is 4.79 Å². The minimum absolute atomic E-state index is 0.00553. The van der Waals surface area contributed by atoms with Crippen molar-refractivity contribution in [1.29, 1.82) is 0 Å². The second-order valence-corrected chi connectivity index (χ2v) is 4.69. The molecule has 0 spiro atoms. The number of H-pyrrole nitrogens is 1. The second-order valence-electron chi connectivity index (χ2n) is 4.69. The molecular formula is C16H16N2O. The van der Waals surface area contributed by atoms with E-state index >= 15 is 0 Å². The van der Waals surface area contributed by atoms with Crippen LogP contribution in [-0.2, 0) is 0 Å². The average Bonchev–Trinajstić information content (AvgIpc) is 2.82. The van der Waals surface area contributed by atoms with E-state index in [4.69, 9.17) is 0 Å². The summed E-state index contributed by atoms with van der Waals surface area (Å²) in [6.07, 6.45) is 0.946. The quantitative estimate of drug-likeness (QED) is 0.736. The number of hydrogen-bond donors (Lipinski definition) is 2. The maximum atomic E-state index is 12.0. The lowest BCUT2D eigenvalue weighted by Crippen LogP contribution is -2.23. The first-order valence-electron chi connectivity index (χ1n) is 6.58.